The lowest BCUT2D eigenvalue weighted by atomic mass is 10.1. The summed E-state index contributed by atoms with van der Waals surface area (Å²) < 4.78 is 16.8. The molecule has 4 atom stereocenters. The lowest BCUT2D eigenvalue weighted by Crippen LogP contribution is -2.38. The minimum Gasteiger partial charge on any atom is -0.497 e. The van der Waals surface area contributed by atoms with Gasteiger partial charge in [0.1, 0.15) is 18.0 Å². The smallest absolute Gasteiger partial charge is 0.338 e. The van der Waals surface area contributed by atoms with Gasteiger partial charge in [0.2, 0.25) is 0 Å². The van der Waals surface area contributed by atoms with Gasteiger partial charge in [0.05, 0.1) is 13.2 Å². The predicted octanol–water partition coefficient (Wildman–Crippen LogP) is 3.68. The highest BCUT2D eigenvalue weighted by molar-refractivity contribution is 5.79. The average molecular weight is 381 g/mol. The van der Waals surface area contributed by atoms with E-state index in [4.69, 9.17) is 14.2 Å². The molecule has 2 aliphatic rings. The Morgan fingerprint density at radius 1 is 1.14 bits per heavy atom. The van der Waals surface area contributed by atoms with Crippen molar-refractivity contribution in [3.63, 3.8) is 0 Å². The van der Waals surface area contributed by atoms with E-state index in [-0.39, 0.29) is 24.2 Å². The Labute approximate surface area is 166 Å². The Bertz CT molecular complexity index is 848. The number of epoxide rings is 1. The number of likely N-dealkylation sites (N-methyl/N-ethyl adjacent to an activating group) is 1. The summed E-state index contributed by atoms with van der Waals surface area (Å²) >= 11 is 0. The number of esters is 1. The van der Waals surface area contributed by atoms with Gasteiger partial charge in [-0.05, 0) is 49.7 Å². The van der Waals surface area contributed by atoms with Crippen molar-refractivity contribution in [2.45, 2.75) is 50.7 Å². The number of carbonyl (C=O) groups excluding carboxylic acids is 1. The molecule has 0 saturated carbocycles. The van der Waals surface area contributed by atoms with Gasteiger partial charge in [0.25, 0.3) is 0 Å². The average Bonchev–Trinajstić information content (AvgIpc) is 3.43. The number of carbonyl (C=O) groups is 1. The van der Waals surface area contributed by atoms with E-state index in [9.17, 15) is 4.79 Å². The Hall–Kier alpha value is -2.37. The molecule has 4 rings (SSSR count). The van der Waals surface area contributed by atoms with E-state index in [1.807, 2.05) is 36.4 Å². The quantitative estimate of drug-likeness (QED) is 0.564. The van der Waals surface area contributed by atoms with Crippen LogP contribution in [-0.4, -0.2) is 43.3 Å². The van der Waals surface area contributed by atoms with Crippen LogP contribution < -0.4 is 4.74 Å². The van der Waals surface area contributed by atoms with Crippen LogP contribution in [0, 0.1) is 0 Å². The molecule has 1 saturated heterocycles. The van der Waals surface area contributed by atoms with Gasteiger partial charge in [-0.25, -0.2) is 4.79 Å². The molecular weight excluding hydrogens is 354 g/mol. The van der Waals surface area contributed by atoms with Crippen molar-refractivity contribution in [2.75, 3.05) is 14.2 Å². The summed E-state index contributed by atoms with van der Waals surface area (Å²) in [5.41, 5.74) is 3.47. The maximum Gasteiger partial charge on any atom is 0.338 e. The van der Waals surface area contributed by atoms with E-state index in [0.29, 0.717) is 6.04 Å². The van der Waals surface area contributed by atoms with Crippen LogP contribution in [0.2, 0.25) is 0 Å². The molecule has 148 valence electrons. The first-order valence-electron chi connectivity index (χ1n) is 9.79. The van der Waals surface area contributed by atoms with E-state index in [0.717, 1.165) is 17.7 Å². The molecule has 0 N–H and O–H groups in total. The summed E-state index contributed by atoms with van der Waals surface area (Å²) in [4.78, 5) is 15.0. The molecule has 1 fully saturated rings. The van der Waals surface area contributed by atoms with Crippen LogP contribution in [0.15, 0.2) is 48.5 Å². The number of methoxy groups -OCH3 is 1. The number of ether oxygens (including phenoxy) is 3. The SMILES string of the molecule is COc1ccc([C@@H]2O[C@H]2C(=O)O[C@@H]2Cc3ccccc3[C@@H]2N(C)C(C)C)cc1. The molecule has 0 amide bonds. The predicted molar refractivity (Wildman–Crippen MR) is 106 cm³/mol. The maximum atomic E-state index is 12.8. The normalized spacial score (nSPS) is 25.6. The van der Waals surface area contributed by atoms with E-state index < -0.39 is 6.10 Å². The van der Waals surface area contributed by atoms with Crippen LogP contribution >= 0.6 is 0 Å². The van der Waals surface area contributed by atoms with Gasteiger partial charge in [-0.3, -0.25) is 4.90 Å². The van der Waals surface area contributed by atoms with Gasteiger partial charge in [0, 0.05) is 12.5 Å². The van der Waals surface area contributed by atoms with Crippen molar-refractivity contribution in [3.8, 4) is 5.75 Å². The zero-order chi connectivity index (χ0) is 19.8. The third-order valence-electron chi connectivity index (χ3n) is 5.84. The maximum absolute atomic E-state index is 12.8. The number of nitrogens with zero attached hydrogens (tertiary/aromatic N) is 1. The fraction of sp³-hybridized carbons (Fsp3) is 0.435. The second-order valence-corrected chi connectivity index (χ2v) is 7.83. The zero-order valence-corrected chi connectivity index (χ0v) is 16.8. The molecule has 5 heteroatoms. The second-order valence-electron chi connectivity index (χ2n) is 7.83. The van der Waals surface area contributed by atoms with Crippen molar-refractivity contribution in [1.82, 2.24) is 4.90 Å². The molecule has 28 heavy (non-hydrogen) atoms. The van der Waals surface area contributed by atoms with Gasteiger partial charge >= 0.3 is 5.97 Å². The lowest BCUT2D eigenvalue weighted by molar-refractivity contribution is -0.153. The topological polar surface area (TPSA) is 51.3 Å². The third kappa shape index (κ3) is 3.52. The molecule has 5 nitrogen and oxygen atoms in total. The second kappa shape index (κ2) is 7.57. The summed E-state index contributed by atoms with van der Waals surface area (Å²) in [5, 5.41) is 0. The van der Waals surface area contributed by atoms with Gasteiger partial charge in [-0.2, -0.15) is 0 Å². The summed E-state index contributed by atoms with van der Waals surface area (Å²) in [6, 6.07) is 16.4. The van der Waals surface area contributed by atoms with Crippen LogP contribution in [0.1, 0.15) is 42.7 Å². The number of fused-ring (bicyclic) bond motifs is 1. The van der Waals surface area contributed by atoms with Crippen molar-refractivity contribution in [3.05, 3.63) is 65.2 Å². The monoisotopic (exact) mass is 381 g/mol. The van der Waals surface area contributed by atoms with E-state index in [1.165, 1.54) is 11.1 Å². The molecule has 0 aromatic heterocycles. The largest absolute Gasteiger partial charge is 0.497 e. The van der Waals surface area contributed by atoms with Gasteiger partial charge in [-0.1, -0.05) is 36.4 Å². The Morgan fingerprint density at radius 3 is 2.54 bits per heavy atom. The molecule has 1 aliphatic heterocycles. The van der Waals surface area contributed by atoms with Crippen molar-refractivity contribution < 1.29 is 19.0 Å². The number of hydrogen-bond donors (Lipinski definition) is 0. The van der Waals surface area contributed by atoms with Crippen molar-refractivity contribution >= 4 is 5.97 Å². The summed E-state index contributed by atoms with van der Waals surface area (Å²) in [7, 11) is 3.72. The standard InChI is InChI=1S/C23H27NO4/c1-14(2)24(3)20-18-8-6-5-7-16(18)13-19(20)27-23(25)22-21(28-22)15-9-11-17(26-4)12-10-15/h5-12,14,19-22H,13H2,1-4H3/t19-,20+,21+,22-/m1/s1. The fourth-order valence-electron chi connectivity index (χ4n) is 4.00. The van der Waals surface area contributed by atoms with Crippen molar-refractivity contribution in [1.29, 1.82) is 0 Å². The molecule has 0 bridgehead atoms. The molecule has 2 aromatic rings. The number of benzene rings is 2. The molecular formula is C23H27NO4. The van der Waals surface area contributed by atoms with Crippen LogP contribution in [0.5, 0.6) is 5.75 Å². The van der Waals surface area contributed by atoms with Gasteiger partial charge in [0.15, 0.2) is 6.10 Å². The minimum absolute atomic E-state index is 0.0679. The highest BCUT2D eigenvalue weighted by Gasteiger charge is 2.49. The highest BCUT2D eigenvalue weighted by atomic mass is 16.6. The van der Waals surface area contributed by atoms with Gasteiger partial charge in [-0.15, -0.1) is 0 Å². The fourth-order valence-corrected chi connectivity index (χ4v) is 4.00. The molecule has 0 unspecified atom stereocenters. The third-order valence-corrected chi connectivity index (χ3v) is 5.84. The lowest BCUT2D eigenvalue weighted by Gasteiger charge is -2.33. The first kappa shape index (κ1) is 19.0. The van der Waals surface area contributed by atoms with Crippen molar-refractivity contribution in [2.24, 2.45) is 0 Å². The summed E-state index contributed by atoms with van der Waals surface area (Å²) in [6.07, 6.45) is -0.215. The van der Waals surface area contributed by atoms with Crippen LogP contribution in [-0.2, 0) is 20.7 Å². The minimum atomic E-state index is -0.526. The van der Waals surface area contributed by atoms with E-state index in [2.05, 4.69) is 37.9 Å². The first-order valence-corrected chi connectivity index (χ1v) is 9.79. The molecule has 1 aliphatic carbocycles. The molecule has 0 radical (unpaired) electrons. The number of hydrogen-bond acceptors (Lipinski definition) is 5. The Balaban J connectivity index is 1.45. The van der Waals surface area contributed by atoms with E-state index in [1.54, 1.807) is 7.11 Å². The Kier molecular flexibility index (Phi) is 5.13. The molecule has 0 spiro atoms. The van der Waals surface area contributed by atoms with Crippen LogP contribution in [0.4, 0.5) is 0 Å². The van der Waals surface area contributed by atoms with E-state index >= 15 is 0 Å². The zero-order valence-electron chi connectivity index (χ0n) is 16.8. The van der Waals surface area contributed by atoms with Crippen LogP contribution in [0.25, 0.3) is 0 Å². The molecule has 1 heterocycles. The summed E-state index contributed by atoms with van der Waals surface area (Å²) in [6.45, 7) is 4.31. The molecule has 2 aromatic carbocycles. The van der Waals surface area contributed by atoms with Crippen LogP contribution in [0.3, 0.4) is 0 Å². The Morgan fingerprint density at radius 2 is 1.86 bits per heavy atom. The highest BCUT2D eigenvalue weighted by Crippen LogP contribution is 2.42. The number of rotatable bonds is 6. The summed E-state index contributed by atoms with van der Waals surface area (Å²) in [5.74, 6) is 0.507. The first-order chi connectivity index (χ1) is 13.5. The van der Waals surface area contributed by atoms with Gasteiger partial charge < -0.3 is 14.2 Å².